The molecule has 1 fully saturated rings. The molecule has 48 valence electrons. The van der Waals surface area contributed by atoms with Gasteiger partial charge in [-0.3, -0.25) is 0 Å². The van der Waals surface area contributed by atoms with Gasteiger partial charge in [-0.25, -0.2) is 0 Å². The van der Waals surface area contributed by atoms with E-state index in [2.05, 4.69) is 0 Å². The van der Waals surface area contributed by atoms with Crippen molar-refractivity contribution in [3.63, 3.8) is 0 Å². The van der Waals surface area contributed by atoms with Crippen LogP contribution in [0.2, 0.25) is 0 Å². The third kappa shape index (κ3) is 1.43. The highest BCUT2D eigenvalue weighted by atomic mass is 16.8. The maximum atomic E-state index is 4.98. The molecule has 0 aliphatic carbocycles. The molecule has 8 heavy (non-hydrogen) atoms. The first-order valence-corrected chi connectivity index (χ1v) is 2.74. The maximum absolute atomic E-state index is 4.98. The van der Waals surface area contributed by atoms with Gasteiger partial charge in [0.15, 0.2) is 19.9 Å². The third-order valence-electron chi connectivity index (χ3n) is 1.01. The van der Waals surface area contributed by atoms with Gasteiger partial charge in [0.2, 0.25) is 0 Å². The second kappa shape index (κ2) is 3.02. The molecule has 0 N–H and O–H groups in total. The minimum Gasteiger partial charge on any atom is -0.329 e. The van der Waals surface area contributed by atoms with Gasteiger partial charge in [0, 0.05) is 0 Å². The zero-order valence-corrected chi connectivity index (χ0v) is 4.92. The van der Waals surface area contributed by atoms with Gasteiger partial charge in [-0.1, -0.05) is 6.92 Å². The molecular formula is C5H10O3. The smallest absolute Gasteiger partial charge is 0.163 e. The van der Waals surface area contributed by atoms with Crippen molar-refractivity contribution in [3.05, 3.63) is 0 Å². The SMILES string of the molecule is CCC1OCOCO1. The molecule has 0 amide bonds. The van der Waals surface area contributed by atoms with Crippen LogP contribution in [-0.4, -0.2) is 19.9 Å². The third-order valence-corrected chi connectivity index (χ3v) is 1.01. The van der Waals surface area contributed by atoms with Crippen LogP contribution in [-0.2, 0) is 14.2 Å². The summed E-state index contributed by atoms with van der Waals surface area (Å²) in [5.41, 5.74) is 0. The number of rotatable bonds is 1. The van der Waals surface area contributed by atoms with Crippen LogP contribution in [0, 0.1) is 0 Å². The van der Waals surface area contributed by atoms with Crippen LogP contribution in [0.1, 0.15) is 13.3 Å². The largest absolute Gasteiger partial charge is 0.329 e. The standard InChI is InChI=1S/C5H10O3/c1-2-5-7-3-6-4-8-5/h5H,2-4H2,1H3. The minimum absolute atomic E-state index is 0.0382. The average Bonchev–Trinajstić information content (AvgIpc) is 1.90. The highest BCUT2D eigenvalue weighted by Crippen LogP contribution is 2.04. The van der Waals surface area contributed by atoms with Gasteiger partial charge in [0.25, 0.3) is 0 Å². The first-order chi connectivity index (χ1) is 3.93. The lowest BCUT2D eigenvalue weighted by atomic mass is 10.5. The van der Waals surface area contributed by atoms with Crippen LogP contribution in [0.25, 0.3) is 0 Å². The molecular weight excluding hydrogens is 108 g/mol. The molecule has 0 aromatic heterocycles. The molecule has 3 nitrogen and oxygen atoms in total. The van der Waals surface area contributed by atoms with Crippen LogP contribution >= 0.6 is 0 Å². The van der Waals surface area contributed by atoms with E-state index in [1.165, 1.54) is 0 Å². The lowest BCUT2D eigenvalue weighted by molar-refractivity contribution is -0.298. The molecule has 1 rings (SSSR count). The Kier molecular flexibility index (Phi) is 2.27. The fourth-order valence-corrected chi connectivity index (χ4v) is 0.566. The van der Waals surface area contributed by atoms with E-state index in [0.29, 0.717) is 13.6 Å². The van der Waals surface area contributed by atoms with E-state index in [9.17, 15) is 0 Å². The van der Waals surface area contributed by atoms with Gasteiger partial charge < -0.3 is 14.2 Å². The highest BCUT2D eigenvalue weighted by molar-refractivity contribution is 4.37. The zero-order chi connectivity index (χ0) is 5.82. The van der Waals surface area contributed by atoms with Gasteiger partial charge >= 0.3 is 0 Å². The van der Waals surface area contributed by atoms with E-state index >= 15 is 0 Å². The second-order valence-corrected chi connectivity index (χ2v) is 1.61. The highest BCUT2D eigenvalue weighted by Gasteiger charge is 2.10. The normalized spacial score (nSPS) is 23.6. The van der Waals surface area contributed by atoms with Crippen LogP contribution in [0.3, 0.4) is 0 Å². The molecule has 0 aromatic rings. The van der Waals surface area contributed by atoms with Gasteiger partial charge in [-0.15, -0.1) is 0 Å². The summed E-state index contributed by atoms with van der Waals surface area (Å²) < 4.78 is 14.7. The Morgan fingerprint density at radius 3 is 2.38 bits per heavy atom. The molecule has 1 aliphatic rings. The summed E-state index contributed by atoms with van der Waals surface area (Å²) in [6, 6.07) is 0. The van der Waals surface area contributed by atoms with Crippen molar-refractivity contribution in [1.29, 1.82) is 0 Å². The predicted octanol–water partition coefficient (Wildman–Crippen LogP) is 0.701. The molecule has 1 aliphatic heterocycles. The lowest BCUT2D eigenvalue weighted by Crippen LogP contribution is -2.25. The summed E-state index contributed by atoms with van der Waals surface area (Å²) in [5.74, 6) is 0. The number of hydrogen-bond acceptors (Lipinski definition) is 3. The lowest BCUT2D eigenvalue weighted by Gasteiger charge is -2.21. The monoisotopic (exact) mass is 118 g/mol. The predicted molar refractivity (Wildman–Crippen MR) is 27.1 cm³/mol. The van der Waals surface area contributed by atoms with E-state index in [-0.39, 0.29) is 6.29 Å². The molecule has 0 saturated carbocycles. The Bertz CT molecular complexity index is 58.7. The average molecular weight is 118 g/mol. The van der Waals surface area contributed by atoms with Gasteiger partial charge in [0.1, 0.15) is 0 Å². The summed E-state index contributed by atoms with van der Waals surface area (Å²) in [5, 5.41) is 0. The van der Waals surface area contributed by atoms with Crippen molar-refractivity contribution >= 4 is 0 Å². The Labute approximate surface area is 48.5 Å². The summed E-state index contributed by atoms with van der Waals surface area (Å²) >= 11 is 0. The van der Waals surface area contributed by atoms with Crippen molar-refractivity contribution in [1.82, 2.24) is 0 Å². The maximum Gasteiger partial charge on any atom is 0.163 e. The molecule has 0 bridgehead atoms. The molecule has 0 radical (unpaired) electrons. The first kappa shape index (κ1) is 6.01. The van der Waals surface area contributed by atoms with E-state index in [4.69, 9.17) is 14.2 Å². The van der Waals surface area contributed by atoms with Crippen molar-refractivity contribution in [2.45, 2.75) is 19.6 Å². The summed E-state index contributed by atoms with van der Waals surface area (Å²) in [7, 11) is 0. The second-order valence-electron chi connectivity index (χ2n) is 1.61. The van der Waals surface area contributed by atoms with Crippen LogP contribution in [0.5, 0.6) is 0 Å². The number of ether oxygens (including phenoxy) is 3. The van der Waals surface area contributed by atoms with E-state index in [1.54, 1.807) is 0 Å². The van der Waals surface area contributed by atoms with Crippen molar-refractivity contribution < 1.29 is 14.2 Å². The molecule has 3 heteroatoms. The quantitative estimate of drug-likeness (QED) is 0.507. The summed E-state index contributed by atoms with van der Waals surface area (Å²) in [4.78, 5) is 0. The molecule has 0 unspecified atom stereocenters. The van der Waals surface area contributed by atoms with Gasteiger partial charge in [0.05, 0.1) is 0 Å². The molecule has 0 atom stereocenters. The fourth-order valence-electron chi connectivity index (χ4n) is 0.566. The van der Waals surface area contributed by atoms with Crippen molar-refractivity contribution in [2.75, 3.05) is 13.6 Å². The minimum atomic E-state index is -0.0382. The Morgan fingerprint density at radius 1 is 1.38 bits per heavy atom. The van der Waals surface area contributed by atoms with E-state index in [0.717, 1.165) is 6.42 Å². The number of hydrogen-bond donors (Lipinski definition) is 0. The fraction of sp³-hybridized carbons (Fsp3) is 1.00. The van der Waals surface area contributed by atoms with Gasteiger partial charge in [-0.2, -0.15) is 0 Å². The zero-order valence-electron chi connectivity index (χ0n) is 4.92. The van der Waals surface area contributed by atoms with Crippen LogP contribution < -0.4 is 0 Å². The van der Waals surface area contributed by atoms with E-state index < -0.39 is 0 Å². The van der Waals surface area contributed by atoms with Crippen LogP contribution in [0.4, 0.5) is 0 Å². The summed E-state index contributed by atoms with van der Waals surface area (Å²) in [6.07, 6.45) is 0.854. The van der Waals surface area contributed by atoms with Crippen molar-refractivity contribution in [2.24, 2.45) is 0 Å². The first-order valence-electron chi connectivity index (χ1n) is 2.74. The Hall–Kier alpha value is -0.120. The Balaban J connectivity index is 2.13. The van der Waals surface area contributed by atoms with Gasteiger partial charge in [-0.05, 0) is 6.42 Å². The summed E-state index contributed by atoms with van der Waals surface area (Å²) in [6.45, 7) is 2.76. The topological polar surface area (TPSA) is 27.7 Å². The van der Waals surface area contributed by atoms with Crippen LogP contribution in [0.15, 0.2) is 0 Å². The molecule has 0 aromatic carbocycles. The van der Waals surface area contributed by atoms with E-state index in [1.807, 2.05) is 6.92 Å². The molecule has 0 spiro atoms. The Morgan fingerprint density at radius 2 is 2.00 bits per heavy atom. The van der Waals surface area contributed by atoms with Crippen molar-refractivity contribution in [3.8, 4) is 0 Å². The molecule has 1 heterocycles. The molecule has 1 saturated heterocycles.